The molecule has 0 aliphatic carbocycles. The summed E-state index contributed by atoms with van der Waals surface area (Å²) in [6.07, 6.45) is -6.13. The zero-order valence-electron chi connectivity index (χ0n) is 26.3. The van der Waals surface area contributed by atoms with Crippen molar-refractivity contribution in [2.75, 3.05) is 39.3 Å². The van der Waals surface area contributed by atoms with Crippen LogP contribution in [0.3, 0.4) is 0 Å². The first-order chi connectivity index (χ1) is 22.4. The number of nitrogens with zero attached hydrogens (tertiary/aromatic N) is 1. The highest BCUT2D eigenvalue weighted by atomic mass is 19.4. The van der Waals surface area contributed by atoms with E-state index in [-0.39, 0.29) is 24.2 Å². The Morgan fingerprint density at radius 3 is 1.18 bits per heavy atom. The summed E-state index contributed by atoms with van der Waals surface area (Å²) in [7, 11) is 0. The van der Waals surface area contributed by atoms with Crippen LogP contribution in [0.2, 0.25) is 0 Å². The molecule has 0 fully saturated rings. The number of nitrogens with two attached hydrogens (primary N) is 3. The number of carbonyl (C=O) groups is 5. The number of carboxylic acid groups (broad SMARTS) is 3. The molecule has 12 N–H and O–H groups in total. The summed E-state index contributed by atoms with van der Waals surface area (Å²) in [6, 6.07) is 0. The van der Waals surface area contributed by atoms with Crippen LogP contribution in [-0.2, 0) is 24.0 Å². The van der Waals surface area contributed by atoms with E-state index < -0.39 is 36.4 Å². The van der Waals surface area contributed by atoms with Gasteiger partial charge in [-0.25, -0.2) is 14.4 Å². The average Bonchev–Trinajstić information content (AvgIpc) is 2.94. The van der Waals surface area contributed by atoms with E-state index in [1.54, 1.807) is 0 Å². The van der Waals surface area contributed by atoms with Gasteiger partial charge in [0.25, 0.3) is 0 Å². The molecule has 0 atom stereocenters. The normalized spacial score (nSPS) is 10.8. The van der Waals surface area contributed by atoms with E-state index in [2.05, 4.69) is 20.9 Å². The maximum absolute atomic E-state index is 11.7. The molecule has 0 aromatic rings. The zero-order valence-corrected chi connectivity index (χ0v) is 26.3. The van der Waals surface area contributed by atoms with Crippen molar-refractivity contribution in [1.82, 2.24) is 16.0 Å². The molecule has 0 unspecified atom stereocenters. The van der Waals surface area contributed by atoms with Gasteiger partial charge in [0.2, 0.25) is 11.8 Å². The minimum atomic E-state index is -5.08. The molecule has 0 bridgehead atoms. The van der Waals surface area contributed by atoms with Gasteiger partial charge in [0, 0.05) is 19.6 Å². The van der Waals surface area contributed by atoms with Gasteiger partial charge in [0.15, 0.2) is 5.96 Å². The molecular formula is C25H44F9N7O8. The largest absolute Gasteiger partial charge is 0.490 e. The molecule has 0 aromatic carbocycles. The third-order valence-corrected chi connectivity index (χ3v) is 4.91. The summed E-state index contributed by atoms with van der Waals surface area (Å²) in [5.74, 6) is -8.55. The van der Waals surface area contributed by atoms with E-state index in [0.29, 0.717) is 26.2 Å². The molecule has 49 heavy (non-hydrogen) atoms. The van der Waals surface area contributed by atoms with E-state index in [9.17, 15) is 49.1 Å². The highest BCUT2D eigenvalue weighted by Crippen LogP contribution is 2.14. The number of nitrogens with one attached hydrogen (secondary N) is 3. The number of guanidine groups is 1. The SMILES string of the molecule is NCCCNCCCCNC(=O)CC(=O)NCCCCCCCCN=C(N)N.O=C(O)C(F)(F)F.O=C(O)C(F)(F)F.O=C(O)C(F)(F)F. The number of rotatable bonds is 19. The molecule has 0 saturated carbocycles. The molecule has 0 heterocycles. The number of carbonyl (C=O) groups excluding carboxylic acids is 2. The van der Waals surface area contributed by atoms with Crippen molar-refractivity contribution in [2.24, 2.45) is 22.2 Å². The Morgan fingerprint density at radius 2 is 0.837 bits per heavy atom. The number of hydrogen-bond acceptors (Lipinski definition) is 8. The first kappa shape index (κ1) is 51.7. The predicted molar refractivity (Wildman–Crippen MR) is 156 cm³/mol. The number of alkyl halides is 9. The highest BCUT2D eigenvalue weighted by Gasteiger charge is 2.39. The fourth-order valence-corrected chi connectivity index (χ4v) is 2.61. The molecule has 0 aromatic heterocycles. The van der Waals surface area contributed by atoms with Crippen molar-refractivity contribution in [3.05, 3.63) is 0 Å². The second kappa shape index (κ2) is 30.0. The third kappa shape index (κ3) is 46.1. The highest BCUT2D eigenvalue weighted by molar-refractivity contribution is 5.96. The van der Waals surface area contributed by atoms with Crippen molar-refractivity contribution in [3.8, 4) is 0 Å². The summed E-state index contributed by atoms with van der Waals surface area (Å²) < 4.78 is 95.2. The van der Waals surface area contributed by atoms with Gasteiger partial charge in [-0.1, -0.05) is 25.7 Å². The van der Waals surface area contributed by atoms with Gasteiger partial charge in [0.05, 0.1) is 0 Å². The monoisotopic (exact) mass is 741 g/mol. The molecule has 0 spiro atoms. The first-order valence-electron chi connectivity index (χ1n) is 14.3. The van der Waals surface area contributed by atoms with Crippen molar-refractivity contribution in [2.45, 2.75) is 82.7 Å². The van der Waals surface area contributed by atoms with Crippen LogP contribution in [0.4, 0.5) is 39.5 Å². The van der Waals surface area contributed by atoms with Crippen LogP contribution in [0.5, 0.6) is 0 Å². The smallest absolute Gasteiger partial charge is 0.475 e. The first-order valence-corrected chi connectivity index (χ1v) is 14.3. The summed E-state index contributed by atoms with van der Waals surface area (Å²) in [4.78, 5) is 54.1. The Morgan fingerprint density at radius 1 is 0.531 bits per heavy atom. The van der Waals surface area contributed by atoms with Crippen LogP contribution in [-0.4, -0.2) is 109 Å². The summed E-state index contributed by atoms with van der Waals surface area (Å²) in [5.41, 5.74) is 15.9. The molecule has 24 heteroatoms. The van der Waals surface area contributed by atoms with Crippen molar-refractivity contribution in [1.29, 1.82) is 0 Å². The molecule has 0 rings (SSSR count). The number of aliphatic imine (C=N–C) groups is 1. The van der Waals surface area contributed by atoms with Gasteiger partial charge in [-0.2, -0.15) is 39.5 Å². The predicted octanol–water partition coefficient (Wildman–Crippen LogP) is 1.84. The van der Waals surface area contributed by atoms with Crippen molar-refractivity contribution < 1.29 is 78.8 Å². The van der Waals surface area contributed by atoms with Crippen LogP contribution in [0.1, 0.15) is 64.2 Å². The maximum Gasteiger partial charge on any atom is 0.490 e. The van der Waals surface area contributed by atoms with Crippen LogP contribution in [0, 0.1) is 0 Å². The van der Waals surface area contributed by atoms with Gasteiger partial charge >= 0.3 is 36.4 Å². The van der Waals surface area contributed by atoms with Crippen LogP contribution < -0.4 is 33.2 Å². The van der Waals surface area contributed by atoms with Crippen LogP contribution in [0.15, 0.2) is 4.99 Å². The maximum atomic E-state index is 11.7. The molecule has 0 radical (unpaired) electrons. The van der Waals surface area contributed by atoms with E-state index in [1.807, 2.05) is 0 Å². The Hall–Kier alpha value is -4.09. The fraction of sp³-hybridized carbons (Fsp3) is 0.760. The van der Waals surface area contributed by atoms with Crippen LogP contribution in [0.25, 0.3) is 0 Å². The third-order valence-electron chi connectivity index (χ3n) is 4.91. The molecule has 0 aliphatic heterocycles. The number of aliphatic carboxylic acids is 3. The lowest BCUT2D eigenvalue weighted by molar-refractivity contribution is -0.193. The standard InChI is InChI=1S/C19H41N7O2.3C2HF3O2/c20-10-9-12-23-11-7-8-14-25-18(28)16-17(27)24-13-5-3-1-2-4-6-15-26-19(21)22;3*3-2(4,5)1(6)7/h23H,1-16,20H2,(H,24,27)(H,25,28)(H4,21,22,26);3*(H,6,7). The lowest BCUT2D eigenvalue weighted by atomic mass is 10.1. The number of unbranched alkanes of at least 4 members (excludes halogenated alkanes) is 6. The van der Waals surface area contributed by atoms with E-state index in [1.165, 1.54) is 0 Å². The zero-order chi connectivity index (χ0) is 39.1. The summed E-state index contributed by atoms with van der Waals surface area (Å²) >= 11 is 0. The summed E-state index contributed by atoms with van der Waals surface area (Å²) in [6.45, 7) is 4.47. The fourth-order valence-electron chi connectivity index (χ4n) is 2.61. The number of carboxylic acids is 3. The average molecular weight is 742 g/mol. The van der Waals surface area contributed by atoms with E-state index in [0.717, 1.165) is 70.9 Å². The Labute approximate surface area is 275 Å². The van der Waals surface area contributed by atoms with Gasteiger partial charge in [-0.15, -0.1) is 0 Å². The molecule has 0 aliphatic rings. The minimum Gasteiger partial charge on any atom is -0.475 e. The molecule has 15 nitrogen and oxygen atoms in total. The lowest BCUT2D eigenvalue weighted by Crippen LogP contribution is -2.33. The second-order valence-electron chi connectivity index (χ2n) is 9.31. The second-order valence-corrected chi connectivity index (χ2v) is 9.31. The van der Waals surface area contributed by atoms with Crippen LogP contribution >= 0.6 is 0 Å². The van der Waals surface area contributed by atoms with E-state index in [4.69, 9.17) is 46.9 Å². The van der Waals surface area contributed by atoms with Gasteiger partial charge in [-0.05, 0) is 51.7 Å². The van der Waals surface area contributed by atoms with Gasteiger partial charge in [-0.3, -0.25) is 14.6 Å². The number of halogens is 9. The Balaban J connectivity index is -0.000000386. The molecule has 290 valence electrons. The van der Waals surface area contributed by atoms with E-state index >= 15 is 0 Å². The number of hydrogen-bond donors (Lipinski definition) is 9. The van der Waals surface area contributed by atoms with Crippen molar-refractivity contribution in [3.63, 3.8) is 0 Å². The number of amides is 2. The summed E-state index contributed by atoms with van der Waals surface area (Å²) in [5, 5.41) is 30.3. The van der Waals surface area contributed by atoms with Crippen molar-refractivity contribution >= 4 is 35.7 Å². The lowest BCUT2D eigenvalue weighted by Gasteiger charge is -2.07. The molecular weight excluding hydrogens is 697 g/mol. The quantitative estimate of drug-likeness (QED) is 0.0302. The molecule has 2 amide bonds. The van der Waals surface area contributed by atoms with Gasteiger partial charge < -0.3 is 48.5 Å². The molecule has 0 saturated heterocycles. The Bertz CT molecular complexity index is 906. The van der Waals surface area contributed by atoms with Gasteiger partial charge in [0.1, 0.15) is 6.42 Å². The minimum absolute atomic E-state index is 0.0977. The topological polar surface area (TPSA) is 273 Å². The Kier molecular flexibility index (Phi) is 31.7.